The molecule has 0 bridgehead atoms. The smallest absolute Gasteiger partial charge is 0.482 e. The highest BCUT2D eigenvalue weighted by Gasteiger charge is 2.42. The number of rotatable bonds is 12. The molecule has 116 heavy (non-hydrogen) atoms. The van der Waals surface area contributed by atoms with Gasteiger partial charge in [-0.2, -0.15) is 11.3 Å². The molecule has 3 amide bonds. The van der Waals surface area contributed by atoms with E-state index in [-0.39, 0.29) is 127 Å². The van der Waals surface area contributed by atoms with Gasteiger partial charge in [0.05, 0.1) is 0 Å². The number of nitrogens with zero attached hydrogens (tertiary/aromatic N) is 7. The maximum atomic E-state index is 12.8. The summed E-state index contributed by atoms with van der Waals surface area (Å²) in [7, 11) is -4.35. The zero-order valence-corrected chi connectivity index (χ0v) is 61.0. The minimum Gasteiger partial charge on any atom is -0.482 e. The van der Waals surface area contributed by atoms with E-state index in [0.717, 1.165) is 115 Å². The number of ether oxygens (including phenoxy) is 3. The first-order valence-electron chi connectivity index (χ1n) is 34.9. The molecule has 3 saturated heterocycles. The monoisotopic (exact) mass is 1630 g/mol. The number of piperidine rings is 2. The Morgan fingerprint density at radius 1 is 0.534 bits per heavy atom. The molecule has 4 aromatic carbocycles. The Morgan fingerprint density at radius 3 is 1.33 bits per heavy atom. The van der Waals surface area contributed by atoms with Crippen LogP contribution in [0.5, 0.6) is 11.5 Å². The SMILES string of the molecule is C.C.C.C.C.C.C.C.C.C.C.C.C.CCN(CC)C(=O)c1ccc(C2=CC3(CCN(C(=O)OC(C)(C)C)CC3)Oc3ccc(C)cc32)cc1.CCN(CC)C(=O)c1ccc(C2=CC3(CCNCC3)Oc3ccc(C)cc32)cc1.OB(O)c1cccs1.OB(O)c1ccncc1.OB(O)c1cncnc1.c1cncc(B2OCCCO2)c1. The predicted molar refractivity (Wildman–Crippen MR) is 493 cm³/mol. The average Bonchev–Trinajstić information content (AvgIpc) is 0.791. The van der Waals surface area contributed by atoms with E-state index in [1.54, 1.807) is 46.9 Å². The van der Waals surface area contributed by atoms with E-state index >= 15 is 0 Å². The molecule has 2 spiro atoms. The fourth-order valence-corrected chi connectivity index (χ4v) is 12.5. The lowest BCUT2D eigenvalue weighted by Gasteiger charge is -2.43. The van der Waals surface area contributed by atoms with E-state index in [1.807, 2.05) is 113 Å². The molecule has 8 aromatic rings. The Labute approximate surface area is 705 Å². The van der Waals surface area contributed by atoms with E-state index in [1.165, 1.54) is 53.6 Å². The van der Waals surface area contributed by atoms with Crippen LogP contribution in [0.25, 0.3) is 11.1 Å². The third-order valence-electron chi connectivity index (χ3n) is 17.5. The van der Waals surface area contributed by atoms with Crippen molar-refractivity contribution in [2.24, 2.45) is 0 Å². The third-order valence-corrected chi connectivity index (χ3v) is 18.4. The Hall–Kier alpha value is -8.85. The molecule has 13 rings (SSSR count). The molecule has 644 valence electrons. The number of thiophene rings is 1. The molecular weight excluding hydrogens is 1480 g/mol. The summed E-state index contributed by atoms with van der Waals surface area (Å²) in [5.41, 5.74) is 11.0. The summed E-state index contributed by atoms with van der Waals surface area (Å²) >= 11 is 1.33. The molecular formula is C89H146B4N8O14S. The second-order valence-electron chi connectivity index (χ2n) is 26.1. The number of aryl methyl sites for hydroxylation is 2. The number of nitrogens with one attached hydrogen (secondary N) is 1. The maximum Gasteiger partial charge on any atom is 0.499 e. The minimum atomic E-state index is -1.47. The van der Waals surface area contributed by atoms with Gasteiger partial charge < -0.3 is 73.7 Å². The normalized spacial score (nSPS) is 13.4. The van der Waals surface area contributed by atoms with E-state index in [2.05, 4.69) is 93.7 Å². The van der Waals surface area contributed by atoms with Crippen LogP contribution in [0, 0.1) is 13.8 Å². The van der Waals surface area contributed by atoms with Crippen molar-refractivity contribution in [3.05, 3.63) is 227 Å². The van der Waals surface area contributed by atoms with Gasteiger partial charge in [0, 0.05) is 153 Å². The van der Waals surface area contributed by atoms with Gasteiger partial charge in [0.1, 0.15) is 34.6 Å². The number of aromatic nitrogens is 4. The molecule has 9 heterocycles. The van der Waals surface area contributed by atoms with Crippen LogP contribution >= 0.6 is 11.3 Å². The van der Waals surface area contributed by atoms with Gasteiger partial charge in [-0.3, -0.25) is 19.6 Å². The maximum absolute atomic E-state index is 12.8. The van der Waals surface area contributed by atoms with Gasteiger partial charge >= 0.3 is 34.6 Å². The van der Waals surface area contributed by atoms with Crippen LogP contribution in [0.3, 0.4) is 0 Å². The summed E-state index contributed by atoms with van der Waals surface area (Å²) in [5.74, 6) is 1.95. The summed E-state index contributed by atoms with van der Waals surface area (Å²) in [6.07, 6.45) is 19.1. The molecule has 0 saturated carbocycles. The molecule has 0 radical (unpaired) electrons. The topological polar surface area (TPSA) is 292 Å². The molecule has 4 aromatic heterocycles. The standard InChI is InChI=1S/C30H38N2O4.C25H30N2O2.C8H10BNO2.C5H6BNO2.C4H5BN2O2.C4H5BO2S.13CH4/c1-7-31(8-2)27(33)23-12-10-22(11-13-23)25-20-30(35-26-14-9-21(3)19-24(25)26)15-17-32(18-16-30)28(34)36-29(4,5)6;1-4-27(5-2)24(28)20-9-7-19(8-10-20)22-17-25(12-14-26-15-13-25)29-23-11-6-18(3)16-21(22)23;1-3-8(7-10-4-1)9-11-5-2-6-12-9;8-6(9)5-1-3-7-4-2-5;8-5(9)4-1-6-3-7-2-4;6-5(7)4-2-1-3-8-4;;;;;;;;;;;;;/h9-14,19-20H,7-8,15-18H2,1-6H3;6-11,16-17,26H,4-5,12-15H2,1-3H3;1,3-4,7H,2,5-6H2;1-4,8-9H;1-3,8-9H;1-3,6-7H;13*1H4. The molecule has 0 aliphatic carbocycles. The van der Waals surface area contributed by atoms with Crippen LogP contribution < -0.4 is 36.0 Å². The number of pyridine rings is 2. The highest BCUT2D eigenvalue weighted by molar-refractivity contribution is 7.20. The lowest BCUT2D eigenvalue weighted by Crippen LogP contribution is -2.50. The van der Waals surface area contributed by atoms with Gasteiger partial charge in [0.15, 0.2) is 0 Å². The van der Waals surface area contributed by atoms with Crippen LogP contribution in [-0.4, -0.2) is 194 Å². The quantitative estimate of drug-likeness (QED) is 0.0559. The number of hydrogen-bond donors (Lipinski definition) is 7. The lowest BCUT2D eigenvalue weighted by molar-refractivity contribution is -0.00122. The van der Waals surface area contributed by atoms with Crippen molar-refractivity contribution < 1.29 is 68.0 Å². The van der Waals surface area contributed by atoms with Crippen molar-refractivity contribution in [1.29, 1.82) is 0 Å². The highest BCUT2D eigenvalue weighted by atomic mass is 32.1. The second kappa shape index (κ2) is 57.3. The Morgan fingerprint density at radius 2 is 0.974 bits per heavy atom. The number of hydrogen-bond acceptors (Lipinski definition) is 20. The molecule has 5 aliphatic rings. The first kappa shape index (κ1) is 118. The van der Waals surface area contributed by atoms with Crippen LogP contribution in [0.15, 0.2) is 182 Å². The fraction of sp³-hybridized carbons (Fsp3) is 0.449. The molecule has 27 heteroatoms. The minimum absolute atomic E-state index is 0. The van der Waals surface area contributed by atoms with Crippen molar-refractivity contribution in [2.75, 3.05) is 65.6 Å². The summed E-state index contributed by atoms with van der Waals surface area (Å²) in [4.78, 5) is 58.4. The Bertz CT molecular complexity index is 3960. The molecule has 3 fully saturated rings. The van der Waals surface area contributed by atoms with E-state index in [4.69, 9.17) is 53.7 Å². The van der Waals surface area contributed by atoms with Crippen molar-refractivity contribution in [1.82, 2.24) is 40.0 Å². The van der Waals surface area contributed by atoms with Gasteiger partial charge in [-0.15, -0.1) is 0 Å². The fourth-order valence-electron chi connectivity index (χ4n) is 11.9. The summed E-state index contributed by atoms with van der Waals surface area (Å²) in [6, 6.07) is 39.0. The predicted octanol–water partition coefficient (Wildman–Crippen LogP) is 15.3. The van der Waals surface area contributed by atoms with Gasteiger partial charge in [0.25, 0.3) is 11.8 Å². The van der Waals surface area contributed by atoms with Crippen LogP contribution in [0.4, 0.5) is 4.79 Å². The number of likely N-dealkylation sites (tertiary alicyclic amines) is 1. The zero-order valence-electron chi connectivity index (χ0n) is 60.2. The lowest BCUT2D eigenvalue weighted by atomic mass is 9.79. The molecule has 7 N–H and O–H groups in total. The number of benzene rings is 4. The van der Waals surface area contributed by atoms with Gasteiger partial charge in [-0.25, -0.2) is 14.8 Å². The van der Waals surface area contributed by atoms with Crippen molar-refractivity contribution >= 4 is 90.0 Å². The first-order valence-corrected chi connectivity index (χ1v) is 35.8. The number of carbonyl (C=O) groups is 3. The molecule has 22 nitrogen and oxygen atoms in total. The number of amides is 3. The summed E-state index contributed by atoms with van der Waals surface area (Å²) < 4.78 is 30.1. The van der Waals surface area contributed by atoms with Crippen LogP contribution in [0.1, 0.15) is 231 Å². The van der Waals surface area contributed by atoms with Crippen molar-refractivity contribution in [2.45, 2.75) is 208 Å². The average molecular weight is 1630 g/mol. The van der Waals surface area contributed by atoms with Crippen molar-refractivity contribution in [3.8, 4) is 11.5 Å². The van der Waals surface area contributed by atoms with Crippen molar-refractivity contribution in [3.63, 3.8) is 0 Å². The second-order valence-corrected chi connectivity index (χ2v) is 27.1. The first-order chi connectivity index (χ1) is 49.5. The van der Waals surface area contributed by atoms with Crippen LogP contribution in [0.2, 0.25) is 0 Å². The van der Waals surface area contributed by atoms with Gasteiger partial charge in [-0.05, 0) is 194 Å². The zero-order chi connectivity index (χ0) is 74.1. The Balaban J connectivity index is -0.000000336. The molecule has 0 atom stereocenters. The van der Waals surface area contributed by atoms with Crippen LogP contribution in [-0.2, 0) is 14.0 Å². The molecule has 0 unspecified atom stereocenters. The number of carbonyl (C=O) groups excluding carboxylic acids is 3. The molecule has 5 aliphatic heterocycles. The van der Waals surface area contributed by atoms with E-state index in [9.17, 15) is 14.4 Å². The summed E-state index contributed by atoms with van der Waals surface area (Å²) in [5, 5.41) is 56.3. The third kappa shape index (κ3) is 34.0. The van der Waals surface area contributed by atoms with E-state index < -0.39 is 32.6 Å². The highest BCUT2D eigenvalue weighted by Crippen LogP contribution is 2.45. The Kier molecular flexibility index (Phi) is 58.3. The summed E-state index contributed by atoms with van der Waals surface area (Å²) in [6.45, 7) is 25.3. The van der Waals surface area contributed by atoms with E-state index in [0.29, 0.717) is 60.3 Å². The largest absolute Gasteiger partial charge is 0.499 e. The number of fused-ring (bicyclic) bond motifs is 2. The van der Waals surface area contributed by atoms with Gasteiger partial charge in [0.2, 0.25) is 0 Å². The van der Waals surface area contributed by atoms with Gasteiger partial charge in [-0.1, -0.05) is 162 Å².